The average Bonchev–Trinajstić information content (AvgIpc) is 2.45. The number of nitrogens with one attached hydrogen (secondary N) is 3. The van der Waals surface area contributed by atoms with Crippen LogP contribution in [0.4, 0.5) is 16.2 Å². The van der Waals surface area contributed by atoms with Crippen LogP contribution in [0.5, 0.6) is 0 Å². The van der Waals surface area contributed by atoms with Gasteiger partial charge in [-0.05, 0) is 52.0 Å². The van der Waals surface area contributed by atoms with Gasteiger partial charge in [-0.3, -0.25) is 9.59 Å². The van der Waals surface area contributed by atoms with Crippen molar-refractivity contribution in [1.82, 2.24) is 5.32 Å². The molecule has 0 spiro atoms. The molecule has 0 aliphatic heterocycles. The van der Waals surface area contributed by atoms with Gasteiger partial charge in [-0.25, -0.2) is 4.79 Å². The van der Waals surface area contributed by atoms with E-state index in [1.54, 1.807) is 52.0 Å². The number of rotatable bonds is 5. The highest BCUT2D eigenvalue weighted by atomic mass is 16.6. The first-order valence-electron chi connectivity index (χ1n) is 7.40. The highest BCUT2D eigenvalue weighted by Gasteiger charge is 2.16. The summed E-state index contributed by atoms with van der Waals surface area (Å²) in [6.45, 7) is 10.2. The van der Waals surface area contributed by atoms with E-state index in [-0.39, 0.29) is 18.4 Å². The zero-order valence-electron chi connectivity index (χ0n) is 14.4. The first-order chi connectivity index (χ1) is 11.1. The maximum atomic E-state index is 11.8. The number of ether oxygens (including phenoxy) is 1. The van der Waals surface area contributed by atoms with Crippen molar-refractivity contribution < 1.29 is 19.1 Å². The van der Waals surface area contributed by atoms with Gasteiger partial charge < -0.3 is 20.7 Å². The molecule has 7 heteroatoms. The van der Waals surface area contributed by atoms with Gasteiger partial charge in [-0.15, -0.1) is 0 Å². The predicted octanol–water partition coefficient (Wildman–Crippen LogP) is 2.66. The summed E-state index contributed by atoms with van der Waals surface area (Å²) in [5.74, 6) is -0.659. The molecular weight excluding hydrogens is 310 g/mol. The fourth-order valence-electron chi connectivity index (χ4n) is 1.55. The molecule has 1 aromatic rings. The second-order valence-electron chi connectivity index (χ2n) is 6.22. The summed E-state index contributed by atoms with van der Waals surface area (Å²) in [6.07, 6.45) is -0.657. The summed E-state index contributed by atoms with van der Waals surface area (Å²) in [5, 5.41) is 7.65. The van der Waals surface area contributed by atoms with Crippen LogP contribution in [-0.2, 0) is 14.3 Å². The van der Waals surface area contributed by atoms with E-state index in [1.165, 1.54) is 0 Å². The number of amides is 3. The third-order valence-electron chi connectivity index (χ3n) is 2.61. The Bertz CT molecular complexity index is 630. The van der Waals surface area contributed by atoms with E-state index < -0.39 is 11.7 Å². The average molecular weight is 333 g/mol. The molecule has 1 rings (SSSR count). The summed E-state index contributed by atoms with van der Waals surface area (Å²) in [5.41, 5.74) is 0.915. The van der Waals surface area contributed by atoms with Crippen molar-refractivity contribution in [3.63, 3.8) is 0 Å². The number of hydrogen-bond acceptors (Lipinski definition) is 4. The Morgan fingerprint density at radius 2 is 1.54 bits per heavy atom. The molecule has 7 nitrogen and oxygen atoms in total. The first-order valence-corrected chi connectivity index (χ1v) is 7.40. The molecule has 1 aromatic carbocycles. The Morgan fingerprint density at radius 1 is 1.04 bits per heavy atom. The van der Waals surface area contributed by atoms with E-state index in [0.29, 0.717) is 16.9 Å². The molecular formula is C17H23N3O4. The van der Waals surface area contributed by atoms with Gasteiger partial charge in [0.05, 0.1) is 0 Å². The normalized spacial score (nSPS) is 10.5. The van der Waals surface area contributed by atoms with Crippen molar-refractivity contribution in [2.24, 2.45) is 0 Å². The summed E-state index contributed by atoms with van der Waals surface area (Å²) >= 11 is 0. The Morgan fingerprint density at radius 3 is 2.00 bits per heavy atom. The number of alkyl carbamates (subject to hydrolysis) is 1. The van der Waals surface area contributed by atoms with Gasteiger partial charge in [0.15, 0.2) is 0 Å². The molecule has 0 radical (unpaired) electrons. The van der Waals surface area contributed by atoms with Crippen LogP contribution in [0.2, 0.25) is 0 Å². The van der Waals surface area contributed by atoms with Gasteiger partial charge in [0.1, 0.15) is 12.1 Å². The highest BCUT2D eigenvalue weighted by Crippen LogP contribution is 2.14. The molecule has 3 N–H and O–H groups in total. The largest absolute Gasteiger partial charge is 0.444 e. The second-order valence-corrected chi connectivity index (χ2v) is 6.22. The molecule has 0 heterocycles. The maximum absolute atomic E-state index is 11.8. The monoisotopic (exact) mass is 333 g/mol. The van der Waals surface area contributed by atoms with Crippen LogP contribution < -0.4 is 16.0 Å². The second kappa shape index (κ2) is 8.14. The number of anilines is 2. The molecule has 0 aliphatic rings. The molecule has 0 fully saturated rings. The van der Waals surface area contributed by atoms with E-state index in [0.717, 1.165) is 0 Å². The van der Waals surface area contributed by atoms with E-state index in [2.05, 4.69) is 22.5 Å². The Balaban J connectivity index is 2.46. The Hall–Kier alpha value is -2.83. The van der Waals surface area contributed by atoms with Gasteiger partial charge in [0.2, 0.25) is 5.91 Å². The van der Waals surface area contributed by atoms with E-state index >= 15 is 0 Å². The van der Waals surface area contributed by atoms with E-state index in [9.17, 15) is 14.4 Å². The van der Waals surface area contributed by atoms with Gasteiger partial charge >= 0.3 is 6.09 Å². The summed E-state index contributed by atoms with van der Waals surface area (Å²) < 4.78 is 5.03. The van der Waals surface area contributed by atoms with E-state index in [1.807, 2.05) is 0 Å². The lowest BCUT2D eigenvalue weighted by Crippen LogP contribution is -2.37. The minimum Gasteiger partial charge on any atom is -0.444 e. The molecule has 0 aliphatic carbocycles. The lowest BCUT2D eigenvalue weighted by atomic mass is 10.2. The smallest absolute Gasteiger partial charge is 0.408 e. The molecule has 0 unspecified atom stereocenters. The van der Waals surface area contributed by atoms with E-state index in [4.69, 9.17) is 4.74 Å². The van der Waals surface area contributed by atoms with Gasteiger partial charge in [-0.1, -0.05) is 6.58 Å². The van der Waals surface area contributed by atoms with Crippen LogP contribution in [0.15, 0.2) is 36.4 Å². The summed E-state index contributed by atoms with van der Waals surface area (Å²) in [7, 11) is 0. The predicted molar refractivity (Wildman–Crippen MR) is 92.8 cm³/mol. The standard InChI is InChI=1S/C17H23N3O4/c1-11(2)15(22)20-13-8-6-12(7-9-13)19-14(21)10-18-16(23)24-17(3,4)5/h6-9H,1,10H2,2-5H3,(H,18,23)(H,19,21)(H,20,22). The first kappa shape index (κ1) is 19.2. The number of hydrogen-bond donors (Lipinski definition) is 3. The zero-order chi connectivity index (χ0) is 18.3. The van der Waals surface area contributed by atoms with Crippen LogP contribution in [-0.4, -0.2) is 30.1 Å². The highest BCUT2D eigenvalue weighted by molar-refractivity contribution is 6.03. The third kappa shape index (κ3) is 7.44. The summed E-state index contributed by atoms with van der Waals surface area (Å²) in [6, 6.07) is 6.58. The fourth-order valence-corrected chi connectivity index (χ4v) is 1.55. The molecule has 0 bridgehead atoms. The van der Waals surface area contributed by atoms with Crippen molar-refractivity contribution in [1.29, 1.82) is 0 Å². The Labute approximate surface area is 141 Å². The number of carbonyl (C=O) groups is 3. The van der Waals surface area contributed by atoms with Crippen LogP contribution in [0, 0.1) is 0 Å². The summed E-state index contributed by atoms with van der Waals surface area (Å²) in [4.78, 5) is 34.7. The molecule has 3 amide bonds. The topological polar surface area (TPSA) is 96.5 Å². The zero-order valence-corrected chi connectivity index (χ0v) is 14.4. The third-order valence-corrected chi connectivity index (χ3v) is 2.61. The Kier molecular flexibility index (Phi) is 6.52. The minimum atomic E-state index is -0.657. The molecule has 0 aromatic heterocycles. The van der Waals surface area contributed by atoms with Crippen LogP contribution in [0.3, 0.4) is 0 Å². The maximum Gasteiger partial charge on any atom is 0.408 e. The van der Waals surface area contributed by atoms with Crippen molar-refractivity contribution in [2.45, 2.75) is 33.3 Å². The van der Waals surface area contributed by atoms with Gasteiger partial charge in [0.25, 0.3) is 5.91 Å². The van der Waals surface area contributed by atoms with Crippen LogP contribution in [0.1, 0.15) is 27.7 Å². The number of benzene rings is 1. The molecule has 130 valence electrons. The SMILES string of the molecule is C=C(C)C(=O)Nc1ccc(NC(=O)CNC(=O)OC(C)(C)C)cc1. The van der Waals surface area contributed by atoms with Crippen molar-refractivity contribution in [2.75, 3.05) is 17.2 Å². The van der Waals surface area contributed by atoms with Gasteiger partial charge in [-0.2, -0.15) is 0 Å². The van der Waals surface area contributed by atoms with Crippen LogP contribution in [0.25, 0.3) is 0 Å². The lowest BCUT2D eigenvalue weighted by Gasteiger charge is -2.19. The van der Waals surface area contributed by atoms with Crippen molar-refractivity contribution >= 4 is 29.3 Å². The van der Waals surface area contributed by atoms with Crippen molar-refractivity contribution in [3.8, 4) is 0 Å². The van der Waals surface area contributed by atoms with Gasteiger partial charge in [0, 0.05) is 16.9 Å². The molecule has 24 heavy (non-hydrogen) atoms. The quantitative estimate of drug-likeness (QED) is 0.722. The van der Waals surface area contributed by atoms with Crippen molar-refractivity contribution in [3.05, 3.63) is 36.4 Å². The minimum absolute atomic E-state index is 0.205. The molecule has 0 atom stereocenters. The molecule has 0 saturated carbocycles. The molecule has 0 saturated heterocycles. The number of carbonyl (C=O) groups excluding carboxylic acids is 3. The van der Waals surface area contributed by atoms with Crippen LogP contribution >= 0.6 is 0 Å². The fraction of sp³-hybridized carbons (Fsp3) is 0.353. The lowest BCUT2D eigenvalue weighted by molar-refractivity contribution is -0.115.